The molecule has 0 aromatic rings. The second kappa shape index (κ2) is 2.52. The summed E-state index contributed by atoms with van der Waals surface area (Å²) in [4.78, 5) is 0. The van der Waals surface area contributed by atoms with Gasteiger partial charge in [0.1, 0.15) is 0 Å². The van der Waals surface area contributed by atoms with E-state index in [-0.39, 0.29) is 12.3 Å². The van der Waals surface area contributed by atoms with E-state index in [1.165, 1.54) is 0 Å². The number of halogens is 3. The van der Waals surface area contributed by atoms with Crippen LogP contribution in [0.5, 0.6) is 0 Å². The average Bonchev–Trinajstić information content (AvgIpc) is 2.41. The van der Waals surface area contributed by atoms with Gasteiger partial charge in [0.25, 0.3) is 5.92 Å². The number of rotatable bonds is 3. The van der Waals surface area contributed by atoms with Crippen molar-refractivity contribution in [3.63, 3.8) is 0 Å². The Kier molecular flexibility index (Phi) is 2.09. The molecular weight excluding hydrogens is 190 g/mol. The molecule has 1 fully saturated rings. The number of hydrogen-bond donors (Lipinski definition) is 0. The highest BCUT2D eigenvalue weighted by molar-refractivity contribution is 9.09. The van der Waals surface area contributed by atoms with Crippen LogP contribution in [0.25, 0.3) is 0 Å². The quantitative estimate of drug-likeness (QED) is 0.613. The first kappa shape index (κ1) is 7.45. The zero-order valence-corrected chi connectivity index (χ0v) is 6.63. The molecule has 0 heterocycles. The second-order valence-corrected chi connectivity index (χ2v) is 3.27. The van der Waals surface area contributed by atoms with Crippen molar-refractivity contribution in [2.24, 2.45) is 5.92 Å². The predicted molar refractivity (Wildman–Crippen MR) is 36.1 cm³/mol. The molecule has 0 N–H and O–H groups in total. The maximum atomic E-state index is 12.6. The molecule has 0 aromatic heterocycles. The lowest BCUT2D eigenvalue weighted by molar-refractivity contribution is -0.0244. The third-order valence-electron chi connectivity index (χ3n) is 1.60. The predicted octanol–water partition coefficient (Wildman–Crippen LogP) is 2.82. The lowest BCUT2D eigenvalue weighted by Crippen LogP contribution is -2.18. The summed E-state index contributed by atoms with van der Waals surface area (Å²) in [5, 5.41) is 0.413. The largest absolute Gasteiger partial charge is 0.251 e. The Labute approximate surface area is 61.8 Å². The molecule has 1 rings (SSSR count). The molecule has 1 saturated carbocycles. The van der Waals surface area contributed by atoms with Crippen molar-refractivity contribution in [1.82, 2.24) is 0 Å². The van der Waals surface area contributed by atoms with Crippen molar-refractivity contribution in [3.05, 3.63) is 0 Å². The van der Waals surface area contributed by atoms with E-state index in [4.69, 9.17) is 0 Å². The van der Waals surface area contributed by atoms with Crippen molar-refractivity contribution < 1.29 is 8.78 Å². The van der Waals surface area contributed by atoms with Gasteiger partial charge in [-0.2, -0.15) is 0 Å². The van der Waals surface area contributed by atoms with Gasteiger partial charge < -0.3 is 0 Å². The van der Waals surface area contributed by atoms with Gasteiger partial charge in [-0.1, -0.05) is 15.9 Å². The molecule has 0 saturated heterocycles. The third-order valence-corrected chi connectivity index (χ3v) is 2.00. The molecule has 0 aromatic carbocycles. The highest BCUT2D eigenvalue weighted by Gasteiger charge is 2.45. The van der Waals surface area contributed by atoms with Crippen LogP contribution in [0.2, 0.25) is 0 Å². The van der Waals surface area contributed by atoms with Crippen LogP contribution in [0.15, 0.2) is 0 Å². The summed E-state index contributed by atoms with van der Waals surface area (Å²) in [6.45, 7) is 0. The fourth-order valence-electron chi connectivity index (χ4n) is 0.836. The molecular formula is C6H9BrF2. The zero-order chi connectivity index (χ0) is 6.91. The van der Waals surface area contributed by atoms with E-state index in [2.05, 4.69) is 15.9 Å². The van der Waals surface area contributed by atoms with E-state index in [9.17, 15) is 8.78 Å². The lowest BCUT2D eigenvalue weighted by atomic mass is 10.2. The van der Waals surface area contributed by atoms with Crippen molar-refractivity contribution in [2.75, 3.05) is 5.33 Å². The fourth-order valence-corrected chi connectivity index (χ4v) is 1.36. The molecule has 1 aliphatic carbocycles. The Morgan fingerprint density at radius 3 is 2.33 bits per heavy atom. The minimum absolute atomic E-state index is 0.00231. The van der Waals surface area contributed by atoms with Crippen LogP contribution in [-0.2, 0) is 0 Å². The molecule has 9 heavy (non-hydrogen) atoms. The standard InChI is InChI=1S/C6H9BrF2/c7-4-3-6(8,9)5-1-2-5/h5H,1-4H2. The monoisotopic (exact) mass is 198 g/mol. The van der Waals surface area contributed by atoms with Crippen LogP contribution >= 0.6 is 15.9 Å². The molecule has 0 spiro atoms. The normalized spacial score (nSPS) is 20.3. The van der Waals surface area contributed by atoms with E-state index in [1.807, 2.05) is 0 Å². The van der Waals surface area contributed by atoms with Gasteiger partial charge >= 0.3 is 0 Å². The van der Waals surface area contributed by atoms with Crippen LogP contribution in [-0.4, -0.2) is 11.3 Å². The molecule has 54 valence electrons. The number of alkyl halides is 3. The smallest absolute Gasteiger partial charge is 0.207 e. The Hall–Kier alpha value is 0.340. The molecule has 3 heteroatoms. The summed E-state index contributed by atoms with van der Waals surface area (Å²) >= 11 is 3.00. The topological polar surface area (TPSA) is 0 Å². The molecule has 0 unspecified atom stereocenters. The van der Waals surface area contributed by atoms with E-state index in [0.29, 0.717) is 5.33 Å². The van der Waals surface area contributed by atoms with Crippen LogP contribution in [0.3, 0.4) is 0 Å². The van der Waals surface area contributed by atoms with Crippen molar-refractivity contribution in [1.29, 1.82) is 0 Å². The van der Waals surface area contributed by atoms with Gasteiger partial charge in [0.2, 0.25) is 0 Å². The Bertz CT molecular complexity index is 99.2. The Morgan fingerprint density at radius 2 is 2.00 bits per heavy atom. The summed E-state index contributed by atoms with van der Waals surface area (Å²) in [6.07, 6.45) is 1.44. The van der Waals surface area contributed by atoms with Gasteiger partial charge in [0, 0.05) is 17.7 Å². The van der Waals surface area contributed by atoms with E-state index < -0.39 is 5.92 Å². The highest BCUT2D eigenvalue weighted by Crippen LogP contribution is 2.45. The van der Waals surface area contributed by atoms with Crippen LogP contribution in [0, 0.1) is 5.92 Å². The third kappa shape index (κ3) is 1.88. The summed E-state index contributed by atoms with van der Waals surface area (Å²) in [5.74, 6) is -2.68. The number of hydrogen-bond acceptors (Lipinski definition) is 0. The van der Waals surface area contributed by atoms with Crippen molar-refractivity contribution in [3.8, 4) is 0 Å². The molecule has 0 radical (unpaired) electrons. The molecule has 0 bridgehead atoms. The van der Waals surface area contributed by atoms with Gasteiger partial charge in [-0.05, 0) is 12.8 Å². The van der Waals surface area contributed by atoms with Gasteiger partial charge in [-0.25, -0.2) is 8.78 Å². The van der Waals surface area contributed by atoms with Crippen molar-refractivity contribution >= 4 is 15.9 Å². The van der Waals surface area contributed by atoms with Crippen molar-refractivity contribution in [2.45, 2.75) is 25.2 Å². The molecule has 1 aliphatic rings. The summed E-state index contributed by atoms with van der Waals surface area (Å²) in [5.41, 5.74) is 0. The summed E-state index contributed by atoms with van der Waals surface area (Å²) in [7, 11) is 0. The molecule has 0 amide bonds. The first-order valence-corrected chi connectivity index (χ1v) is 4.23. The first-order valence-electron chi connectivity index (χ1n) is 3.10. The van der Waals surface area contributed by atoms with Gasteiger partial charge in [0.05, 0.1) is 0 Å². The van der Waals surface area contributed by atoms with Gasteiger partial charge in [-0.3, -0.25) is 0 Å². The zero-order valence-electron chi connectivity index (χ0n) is 5.04. The minimum Gasteiger partial charge on any atom is -0.207 e. The van der Waals surface area contributed by atoms with Gasteiger partial charge in [-0.15, -0.1) is 0 Å². The van der Waals surface area contributed by atoms with E-state index >= 15 is 0 Å². The average molecular weight is 199 g/mol. The fraction of sp³-hybridized carbons (Fsp3) is 1.00. The van der Waals surface area contributed by atoms with E-state index in [0.717, 1.165) is 12.8 Å². The molecule has 0 atom stereocenters. The molecule has 0 aliphatic heterocycles. The SMILES string of the molecule is FC(F)(CCBr)C1CC1. The van der Waals surface area contributed by atoms with Crippen LogP contribution in [0.4, 0.5) is 8.78 Å². The minimum atomic E-state index is -2.39. The first-order chi connectivity index (χ1) is 4.17. The van der Waals surface area contributed by atoms with Crippen LogP contribution in [0.1, 0.15) is 19.3 Å². The second-order valence-electron chi connectivity index (χ2n) is 2.47. The van der Waals surface area contributed by atoms with Gasteiger partial charge in [0.15, 0.2) is 0 Å². The maximum Gasteiger partial charge on any atom is 0.251 e. The Balaban J connectivity index is 2.30. The summed E-state index contributed by atoms with van der Waals surface area (Å²) < 4.78 is 25.2. The van der Waals surface area contributed by atoms with E-state index in [1.54, 1.807) is 0 Å². The van der Waals surface area contributed by atoms with Crippen LogP contribution < -0.4 is 0 Å². The Morgan fingerprint density at radius 1 is 1.44 bits per heavy atom. The molecule has 0 nitrogen and oxygen atoms in total. The highest BCUT2D eigenvalue weighted by atomic mass is 79.9. The maximum absolute atomic E-state index is 12.6. The summed E-state index contributed by atoms with van der Waals surface area (Å²) in [6, 6.07) is 0. The lowest BCUT2D eigenvalue weighted by Gasteiger charge is -2.12.